The van der Waals surface area contributed by atoms with E-state index in [2.05, 4.69) is 10.6 Å². The van der Waals surface area contributed by atoms with Gasteiger partial charge in [-0.15, -0.1) is 0 Å². The number of nitrogens with one attached hydrogen (secondary N) is 2. The van der Waals surface area contributed by atoms with Crippen LogP contribution in [0.25, 0.3) is 0 Å². The van der Waals surface area contributed by atoms with Crippen molar-refractivity contribution in [2.45, 2.75) is 83.9 Å². The van der Waals surface area contributed by atoms with Gasteiger partial charge in [0.05, 0.1) is 39.6 Å². The highest BCUT2D eigenvalue weighted by Gasteiger charge is 2.37. The van der Waals surface area contributed by atoms with Gasteiger partial charge in [-0.2, -0.15) is 0 Å². The highest BCUT2D eigenvalue weighted by Crippen LogP contribution is 2.32. The molecule has 0 aliphatic carbocycles. The van der Waals surface area contributed by atoms with Crippen LogP contribution in [-0.2, 0) is 39.9 Å². The molecule has 0 saturated carbocycles. The normalized spacial score (nSPS) is 13.2. The number of aldehydes is 1. The number of carbonyl (C=O) groups is 5. The van der Waals surface area contributed by atoms with Crippen molar-refractivity contribution in [3.8, 4) is 0 Å². The zero-order valence-electron chi connectivity index (χ0n) is 29.1. The van der Waals surface area contributed by atoms with Crippen molar-refractivity contribution in [1.29, 1.82) is 0 Å². The van der Waals surface area contributed by atoms with Crippen molar-refractivity contribution in [2.75, 3.05) is 71.6 Å². The minimum Gasteiger partial charge on any atom is -0.444 e. The van der Waals surface area contributed by atoms with Crippen molar-refractivity contribution in [3.63, 3.8) is 0 Å². The molecule has 1 aliphatic rings. The van der Waals surface area contributed by atoms with E-state index in [1.54, 1.807) is 23.1 Å². The third kappa shape index (κ3) is 14.7. The number of anilines is 1. The molecule has 0 fully saturated rings. The summed E-state index contributed by atoms with van der Waals surface area (Å²) in [6.07, 6.45) is 4.02. The van der Waals surface area contributed by atoms with E-state index in [1.165, 1.54) is 11.9 Å². The summed E-state index contributed by atoms with van der Waals surface area (Å²) in [6, 6.07) is 4.35. The number of hydrogen-bond donors (Lipinski definition) is 3. The molecule has 0 radical (unpaired) electrons. The van der Waals surface area contributed by atoms with Gasteiger partial charge in [0.15, 0.2) is 0 Å². The predicted molar refractivity (Wildman–Crippen MR) is 181 cm³/mol. The Morgan fingerprint density at radius 3 is 2.29 bits per heavy atom. The molecule has 1 heterocycles. The first-order valence-electron chi connectivity index (χ1n) is 16.8. The largest absolute Gasteiger partial charge is 0.444 e. The van der Waals surface area contributed by atoms with Crippen LogP contribution in [0.1, 0.15) is 81.6 Å². The highest BCUT2D eigenvalue weighted by molar-refractivity contribution is 6.04. The smallest absolute Gasteiger partial charge is 0.410 e. The molecule has 4 amide bonds. The fourth-order valence-corrected chi connectivity index (χ4v) is 5.12. The number of rotatable bonds is 24. The molecule has 48 heavy (non-hydrogen) atoms. The molecule has 0 spiro atoms. The van der Waals surface area contributed by atoms with E-state index >= 15 is 0 Å². The maximum absolute atomic E-state index is 13.1. The molecular formula is C34H55N5O9. The molecule has 1 aromatic carbocycles. The van der Waals surface area contributed by atoms with Gasteiger partial charge in [-0.1, -0.05) is 18.9 Å². The van der Waals surface area contributed by atoms with E-state index in [0.29, 0.717) is 88.9 Å². The first-order chi connectivity index (χ1) is 23.0. The summed E-state index contributed by atoms with van der Waals surface area (Å²) in [5, 5.41) is 5.50. The predicted octanol–water partition coefficient (Wildman–Crippen LogP) is 2.87. The number of fused-ring (bicyclic) bond motifs is 1. The molecule has 1 unspecified atom stereocenters. The second-order valence-corrected chi connectivity index (χ2v) is 12.4. The number of carbonyl (C=O) groups excluding carboxylic acids is 5. The van der Waals surface area contributed by atoms with Crippen molar-refractivity contribution < 1.29 is 42.9 Å². The van der Waals surface area contributed by atoms with E-state index in [1.807, 2.05) is 20.8 Å². The quantitative estimate of drug-likeness (QED) is 0.109. The Labute approximate surface area is 284 Å². The van der Waals surface area contributed by atoms with Gasteiger partial charge in [0, 0.05) is 62.9 Å². The SMILES string of the molecule is CNC(=O)C(CCC=O)N1Cc2c(NC(=O)CCCCCCN(CCOCCOCCOCCN)C(=O)OC(C)(C)C)cccc2C1=O. The Bertz CT molecular complexity index is 1170. The van der Waals surface area contributed by atoms with Crippen LogP contribution in [0, 0.1) is 0 Å². The molecule has 14 heteroatoms. The minimum absolute atomic E-state index is 0.151. The van der Waals surface area contributed by atoms with Crippen LogP contribution in [0.15, 0.2) is 18.2 Å². The molecule has 1 atom stereocenters. The molecule has 0 bridgehead atoms. The lowest BCUT2D eigenvalue weighted by Gasteiger charge is -2.27. The van der Waals surface area contributed by atoms with Gasteiger partial charge in [-0.3, -0.25) is 14.4 Å². The Morgan fingerprint density at radius 1 is 0.979 bits per heavy atom. The summed E-state index contributed by atoms with van der Waals surface area (Å²) in [6.45, 7) is 9.65. The van der Waals surface area contributed by atoms with E-state index in [9.17, 15) is 24.0 Å². The number of nitrogens with two attached hydrogens (primary N) is 1. The van der Waals surface area contributed by atoms with E-state index in [0.717, 1.165) is 25.5 Å². The van der Waals surface area contributed by atoms with Crippen LogP contribution >= 0.6 is 0 Å². The minimum atomic E-state index is -0.778. The Morgan fingerprint density at radius 2 is 1.65 bits per heavy atom. The Hall–Kier alpha value is -3.59. The maximum Gasteiger partial charge on any atom is 0.410 e. The zero-order chi connectivity index (χ0) is 35.4. The molecular weight excluding hydrogens is 622 g/mol. The van der Waals surface area contributed by atoms with Gasteiger partial charge in [-0.05, 0) is 52.2 Å². The average molecular weight is 678 g/mol. The second-order valence-electron chi connectivity index (χ2n) is 12.4. The maximum atomic E-state index is 13.1. The first-order valence-corrected chi connectivity index (χ1v) is 16.8. The van der Waals surface area contributed by atoms with Crippen LogP contribution in [0.5, 0.6) is 0 Å². The van der Waals surface area contributed by atoms with Crippen LogP contribution in [0.2, 0.25) is 0 Å². The van der Waals surface area contributed by atoms with Gasteiger partial charge in [0.25, 0.3) is 5.91 Å². The van der Waals surface area contributed by atoms with Crippen LogP contribution in [-0.4, -0.2) is 118 Å². The van der Waals surface area contributed by atoms with Crippen molar-refractivity contribution >= 4 is 35.8 Å². The van der Waals surface area contributed by atoms with Gasteiger partial charge in [-0.25, -0.2) is 4.79 Å². The molecule has 0 aromatic heterocycles. The van der Waals surface area contributed by atoms with Crippen LogP contribution in [0.4, 0.5) is 10.5 Å². The van der Waals surface area contributed by atoms with Crippen molar-refractivity contribution in [3.05, 3.63) is 29.3 Å². The third-order valence-electron chi connectivity index (χ3n) is 7.50. The Kier molecular flexibility index (Phi) is 18.7. The molecule has 1 aromatic rings. The number of benzene rings is 1. The summed E-state index contributed by atoms with van der Waals surface area (Å²) in [4.78, 5) is 65.2. The van der Waals surface area contributed by atoms with Crippen LogP contribution < -0.4 is 16.4 Å². The molecule has 4 N–H and O–H groups in total. The number of ether oxygens (including phenoxy) is 4. The van der Waals surface area contributed by atoms with Gasteiger partial charge in [0.1, 0.15) is 17.9 Å². The summed E-state index contributed by atoms with van der Waals surface area (Å²) in [5.41, 5.74) is 6.39. The zero-order valence-corrected chi connectivity index (χ0v) is 29.1. The fourth-order valence-electron chi connectivity index (χ4n) is 5.12. The summed E-state index contributed by atoms with van der Waals surface area (Å²) in [5.74, 6) is -0.812. The van der Waals surface area contributed by atoms with Gasteiger partial charge in [0.2, 0.25) is 11.8 Å². The van der Waals surface area contributed by atoms with E-state index in [4.69, 9.17) is 24.7 Å². The number of hydrogen-bond acceptors (Lipinski definition) is 10. The summed E-state index contributed by atoms with van der Waals surface area (Å²) < 4.78 is 21.9. The average Bonchev–Trinajstić information content (AvgIpc) is 3.38. The third-order valence-corrected chi connectivity index (χ3v) is 7.50. The number of amides is 4. The van der Waals surface area contributed by atoms with E-state index in [-0.39, 0.29) is 37.1 Å². The number of unbranched alkanes of at least 4 members (excludes halogenated alkanes) is 3. The van der Waals surface area contributed by atoms with Crippen molar-refractivity contribution in [2.24, 2.45) is 5.73 Å². The molecule has 0 saturated heterocycles. The lowest BCUT2D eigenvalue weighted by molar-refractivity contribution is -0.125. The second kappa shape index (κ2) is 22.1. The van der Waals surface area contributed by atoms with Crippen LogP contribution in [0.3, 0.4) is 0 Å². The number of likely N-dealkylation sites (N-methyl/N-ethyl adjacent to an activating group) is 1. The first kappa shape index (κ1) is 40.6. The Balaban J connectivity index is 1.77. The lowest BCUT2D eigenvalue weighted by atomic mass is 10.1. The topological polar surface area (TPSA) is 179 Å². The van der Waals surface area contributed by atoms with E-state index < -0.39 is 17.7 Å². The number of nitrogens with zero attached hydrogens (tertiary/aromatic N) is 2. The fraction of sp³-hybridized carbons (Fsp3) is 0.676. The summed E-state index contributed by atoms with van der Waals surface area (Å²) >= 11 is 0. The molecule has 2 rings (SSSR count). The highest BCUT2D eigenvalue weighted by atomic mass is 16.6. The molecule has 270 valence electrons. The van der Waals surface area contributed by atoms with Crippen molar-refractivity contribution in [1.82, 2.24) is 15.1 Å². The summed E-state index contributed by atoms with van der Waals surface area (Å²) in [7, 11) is 1.49. The van der Waals surface area contributed by atoms with Gasteiger partial charge >= 0.3 is 6.09 Å². The van der Waals surface area contributed by atoms with Gasteiger partial charge < -0.3 is 49.9 Å². The molecule has 14 nitrogen and oxygen atoms in total. The lowest BCUT2D eigenvalue weighted by Crippen LogP contribution is -2.46. The molecule has 1 aliphatic heterocycles. The monoisotopic (exact) mass is 677 g/mol. The standard InChI is InChI=1S/C34H55N5O9/c1-34(2,3)48-33(44)38(17-20-46-22-24-47-23-21-45-19-15-35)16-8-6-5-7-14-30(41)37-28-12-9-11-26-27(28)25-39(32(26)43)29(13-10-18-40)31(42)36-4/h9,11-12,18,29H,5-8,10,13-17,19-25,35H2,1-4H3,(H,36,42)(H,37,41).